The van der Waals surface area contributed by atoms with Crippen molar-refractivity contribution in [1.29, 1.82) is 0 Å². The molecule has 1 saturated heterocycles. The van der Waals surface area contributed by atoms with Gasteiger partial charge in [-0.15, -0.1) is 12.8 Å². The number of nitrogens with zero attached hydrogens (tertiary/aromatic N) is 7. The molecule has 0 spiro atoms. The molecule has 5 N–H and O–H groups in total. The molecule has 24 heteroatoms. The average Bonchev–Trinajstić information content (AvgIpc) is 1.04. The number of carboxylic acids is 1. The van der Waals surface area contributed by atoms with Crippen LogP contribution in [-0.2, 0) is 57.5 Å². The van der Waals surface area contributed by atoms with Crippen molar-refractivity contribution in [3.05, 3.63) is 24.8 Å². The highest BCUT2D eigenvalue weighted by atomic mass is 16.4. The number of carbonyl (C=O) groups is 12. The van der Waals surface area contributed by atoms with Crippen LogP contribution < -0.4 is 21.3 Å². The topological polar surface area (TPSA) is 296 Å². The van der Waals surface area contributed by atoms with Crippen LogP contribution in [0.15, 0.2) is 24.8 Å². The van der Waals surface area contributed by atoms with E-state index in [1.807, 2.05) is 68.4 Å². The van der Waals surface area contributed by atoms with Crippen LogP contribution in [0.2, 0.25) is 0 Å². The van der Waals surface area contributed by atoms with Crippen LogP contribution in [0.4, 0.5) is 0 Å². The van der Waals surface area contributed by atoms with Crippen molar-refractivity contribution < 1.29 is 62.6 Å². The molecule has 4 unspecified atom stereocenters. The Morgan fingerprint density at radius 2 is 0.846 bits per heavy atom. The van der Waals surface area contributed by atoms with Crippen LogP contribution in [0.5, 0.6) is 0 Å². The van der Waals surface area contributed by atoms with Crippen molar-refractivity contribution in [2.24, 2.45) is 35.5 Å². The average molecular weight is 1290 g/mol. The molecule has 520 valence electrons. The van der Waals surface area contributed by atoms with Crippen LogP contribution in [0.25, 0.3) is 0 Å². The van der Waals surface area contributed by atoms with E-state index in [0.717, 1.165) is 11.8 Å². The first-order chi connectivity index (χ1) is 42.1. The van der Waals surface area contributed by atoms with Gasteiger partial charge in [-0.3, -0.25) is 57.5 Å². The molecule has 0 aliphatic carbocycles. The number of carbonyl (C=O) groups excluding carboxylic acids is 11. The number of nitrogens with one attached hydrogen (secondary N) is 4. The monoisotopic (exact) mass is 1290 g/mol. The van der Waals surface area contributed by atoms with Crippen molar-refractivity contribution in [3.63, 3.8) is 0 Å². The highest BCUT2D eigenvalue weighted by Crippen LogP contribution is 2.23. The second-order valence-corrected chi connectivity index (χ2v) is 26.0. The SMILES string of the molecule is C#C.C=C/C=C/C[C@@H](C)CC1C(=O)N[C@@H](CC)C(=O)N(C)CC(=O)N(C)[C@@H](CC(C)C)C(=O)NC(C(C)C)C(=O)N(C)[C@@H](CC(C)C)C(=O)N[C@@H](C)C(=O)N[C@H](C)C(=O)N(C)C(CC(C)C)C(=O)N(C)C(CC(C)C)C(=O)N(C)CC(=O)N1C.CC(=O)O.CCC. The van der Waals surface area contributed by atoms with Crippen LogP contribution in [0.1, 0.15) is 169 Å². The lowest BCUT2D eigenvalue weighted by molar-refractivity contribution is -0.152. The van der Waals surface area contributed by atoms with Gasteiger partial charge < -0.3 is 60.7 Å². The Morgan fingerprint density at radius 3 is 1.25 bits per heavy atom. The van der Waals surface area contributed by atoms with E-state index >= 15 is 0 Å². The van der Waals surface area contributed by atoms with E-state index in [1.54, 1.807) is 32.9 Å². The van der Waals surface area contributed by atoms with E-state index in [0.29, 0.717) is 6.42 Å². The lowest BCUT2D eigenvalue weighted by atomic mass is 9.96. The summed E-state index contributed by atoms with van der Waals surface area (Å²) in [6.07, 6.45) is 16.0. The Kier molecular flexibility index (Phi) is 42.7. The van der Waals surface area contributed by atoms with E-state index < -0.39 is 144 Å². The number of hydrogen-bond acceptors (Lipinski definition) is 12. The molecule has 0 aromatic heterocycles. The molecule has 1 rings (SSSR count). The van der Waals surface area contributed by atoms with Gasteiger partial charge in [0.05, 0.1) is 13.1 Å². The lowest BCUT2D eigenvalue weighted by Crippen LogP contribution is -2.60. The molecule has 0 aromatic rings. The number of aliphatic carboxylic acids is 1. The van der Waals surface area contributed by atoms with Gasteiger partial charge in [0, 0.05) is 56.3 Å². The highest BCUT2D eigenvalue weighted by molar-refractivity contribution is 5.99. The number of hydrogen-bond donors (Lipinski definition) is 5. The van der Waals surface area contributed by atoms with Crippen molar-refractivity contribution >= 4 is 70.9 Å². The molecule has 24 nitrogen and oxygen atoms in total. The standard InChI is InChI=1S/C60H105N11O11.C3H8.C2H4O2.C2H2/c1-23-25-26-27-40(13)32-46-54(76)63-43(24-2)57(79)65(16)33-49(72)67(18)44(28-35(3)4)55(77)64-51(39(11)12)60(82)69(20)45(29-36(5)6)53(75)61-41(14)52(74)62-42(15)56(78)70(21)48(31-38(9)10)59(81)71(22)47(30-37(7)8)58(80)66(17)34-50(73)68(46)19;1-3-2;1-2(3)4;1-2/h23,25-26,35-48,51H,1,24,27-34H2,2-22H3,(H,61,75)(H,62,74)(H,63,76)(H,64,77);3H2,1-2H3;1H3,(H,3,4);1-2H/b26-25+;;;/t40-,41+,42-,43+,44+,45+,46?,47?,48?,51?;;;/m1.../s1. The van der Waals surface area contributed by atoms with Crippen LogP contribution in [-0.4, -0.2) is 227 Å². The van der Waals surface area contributed by atoms with Gasteiger partial charge in [-0.25, -0.2) is 0 Å². The third-order valence-electron chi connectivity index (χ3n) is 15.1. The number of rotatable bonds is 15. The highest BCUT2D eigenvalue weighted by Gasteiger charge is 2.41. The number of amides is 11. The van der Waals surface area contributed by atoms with Gasteiger partial charge in [0.1, 0.15) is 54.4 Å². The number of allylic oxidation sites excluding steroid dienone is 3. The first-order valence-corrected chi connectivity index (χ1v) is 31.9. The normalized spacial score (nSPS) is 23.9. The number of likely N-dealkylation sites (N-methyl/N-ethyl adjacent to an activating group) is 7. The second-order valence-electron chi connectivity index (χ2n) is 26.0. The summed E-state index contributed by atoms with van der Waals surface area (Å²) < 4.78 is 0. The lowest BCUT2D eigenvalue weighted by Gasteiger charge is -2.38. The fourth-order valence-electron chi connectivity index (χ4n) is 9.86. The fraction of sp³-hybridized carbons (Fsp3) is 0.731. The van der Waals surface area contributed by atoms with Crippen LogP contribution >= 0.6 is 0 Å². The minimum absolute atomic E-state index is 0.105. The molecule has 11 amide bonds. The minimum atomic E-state index is -1.21. The number of terminal acetylenes is 1. The molecule has 1 aliphatic heterocycles. The second kappa shape index (κ2) is 44.2. The first-order valence-electron chi connectivity index (χ1n) is 31.9. The quantitative estimate of drug-likeness (QED) is 0.104. The van der Waals surface area contributed by atoms with Crippen molar-refractivity contribution in [2.45, 2.75) is 223 Å². The molecule has 1 aliphatic rings. The molecule has 91 heavy (non-hydrogen) atoms. The van der Waals surface area contributed by atoms with Gasteiger partial charge in [0.2, 0.25) is 65.0 Å². The van der Waals surface area contributed by atoms with Crippen LogP contribution in [0.3, 0.4) is 0 Å². The summed E-state index contributed by atoms with van der Waals surface area (Å²) in [5.74, 6) is -8.78. The Hall–Kier alpha value is -7.32. The smallest absolute Gasteiger partial charge is 0.300 e. The largest absolute Gasteiger partial charge is 0.481 e. The van der Waals surface area contributed by atoms with Gasteiger partial charge >= 0.3 is 0 Å². The van der Waals surface area contributed by atoms with Crippen molar-refractivity contribution in [2.75, 3.05) is 62.4 Å². The molecule has 10 atom stereocenters. The summed E-state index contributed by atoms with van der Waals surface area (Å²) >= 11 is 0. The minimum Gasteiger partial charge on any atom is -0.481 e. The van der Waals surface area contributed by atoms with Crippen molar-refractivity contribution in [3.8, 4) is 12.8 Å². The third-order valence-corrected chi connectivity index (χ3v) is 15.1. The summed E-state index contributed by atoms with van der Waals surface area (Å²) in [6, 6.07) is -10.3. The van der Waals surface area contributed by atoms with Gasteiger partial charge in [-0.2, -0.15) is 0 Å². The maximum absolute atomic E-state index is 14.7. The Bertz CT molecular complexity index is 2420. The molecule has 0 bridgehead atoms. The predicted octanol–water partition coefficient (Wildman–Crippen LogP) is 5.20. The zero-order valence-electron chi connectivity index (χ0n) is 59.8. The van der Waals surface area contributed by atoms with E-state index in [-0.39, 0.29) is 68.1 Å². The molecule has 0 aromatic carbocycles. The van der Waals surface area contributed by atoms with Gasteiger partial charge in [-0.05, 0) is 94.3 Å². The predicted molar refractivity (Wildman–Crippen MR) is 357 cm³/mol. The Balaban J connectivity index is -0.00000808. The third kappa shape index (κ3) is 31.0. The maximum Gasteiger partial charge on any atom is 0.300 e. The Morgan fingerprint density at radius 1 is 0.505 bits per heavy atom. The van der Waals surface area contributed by atoms with Crippen molar-refractivity contribution in [1.82, 2.24) is 55.6 Å². The van der Waals surface area contributed by atoms with E-state index in [4.69, 9.17) is 9.90 Å². The summed E-state index contributed by atoms with van der Waals surface area (Å²) in [5, 5.41) is 18.5. The van der Waals surface area contributed by atoms with Gasteiger partial charge in [0.15, 0.2) is 0 Å². The van der Waals surface area contributed by atoms with Crippen LogP contribution in [0, 0.1) is 48.4 Å². The first kappa shape index (κ1) is 87.9. The zero-order chi connectivity index (χ0) is 71.7. The zero-order valence-corrected chi connectivity index (χ0v) is 59.8. The Labute approximate surface area is 546 Å². The molecule has 0 radical (unpaired) electrons. The number of carboxylic acid groups (broad SMARTS) is 1. The molecule has 0 saturated carbocycles. The summed E-state index contributed by atoms with van der Waals surface area (Å²) in [5.41, 5.74) is 0. The van der Waals surface area contributed by atoms with Gasteiger partial charge in [-0.1, -0.05) is 128 Å². The molecular weight excluding hydrogens is 1170 g/mol. The van der Waals surface area contributed by atoms with E-state index in [9.17, 15) is 52.7 Å². The van der Waals surface area contributed by atoms with E-state index in [2.05, 4.69) is 54.5 Å². The summed E-state index contributed by atoms with van der Waals surface area (Å²) in [7, 11) is 10.1. The summed E-state index contributed by atoms with van der Waals surface area (Å²) in [4.78, 5) is 175. The summed E-state index contributed by atoms with van der Waals surface area (Å²) in [6.45, 7) is 33.0. The fourth-order valence-corrected chi connectivity index (χ4v) is 9.86. The molecule has 1 heterocycles. The maximum atomic E-state index is 14.7. The van der Waals surface area contributed by atoms with E-state index in [1.165, 1.54) is 99.0 Å². The van der Waals surface area contributed by atoms with Gasteiger partial charge in [0.25, 0.3) is 5.97 Å². The molecular formula is C67H119N11O13. The molecule has 1 fully saturated rings.